The van der Waals surface area contributed by atoms with E-state index in [2.05, 4.69) is 5.32 Å². The van der Waals surface area contributed by atoms with Crippen molar-refractivity contribution >= 4 is 33.6 Å². The summed E-state index contributed by atoms with van der Waals surface area (Å²) >= 11 is 5.92. The molecule has 2 heterocycles. The first-order chi connectivity index (χ1) is 14.2. The van der Waals surface area contributed by atoms with Gasteiger partial charge in [0.25, 0.3) is 0 Å². The summed E-state index contributed by atoms with van der Waals surface area (Å²) in [6, 6.07) is 6.05. The second-order valence-corrected chi connectivity index (χ2v) is 10.4. The van der Waals surface area contributed by atoms with Gasteiger partial charge in [-0.2, -0.15) is 4.31 Å². The zero-order chi connectivity index (χ0) is 21.9. The molecule has 0 radical (unpaired) electrons. The van der Waals surface area contributed by atoms with Crippen LogP contribution in [0.2, 0.25) is 5.02 Å². The van der Waals surface area contributed by atoms with Gasteiger partial charge in [-0.3, -0.25) is 4.79 Å². The lowest BCUT2D eigenvalue weighted by Gasteiger charge is -2.37. The molecule has 0 unspecified atom stereocenters. The number of piperazine rings is 1. The van der Waals surface area contributed by atoms with Gasteiger partial charge in [0.15, 0.2) is 0 Å². The number of nitrogens with one attached hydrogen (secondary N) is 1. The van der Waals surface area contributed by atoms with Crippen molar-refractivity contribution in [2.24, 2.45) is 5.92 Å². The van der Waals surface area contributed by atoms with Crippen LogP contribution in [-0.4, -0.2) is 79.8 Å². The number of carbonyl (C=O) groups is 2. The highest BCUT2D eigenvalue weighted by Gasteiger charge is 2.31. The van der Waals surface area contributed by atoms with E-state index >= 15 is 0 Å². The number of sulfonamides is 1. The third kappa shape index (κ3) is 5.25. The Kier molecular flexibility index (Phi) is 7.26. The van der Waals surface area contributed by atoms with Crippen molar-refractivity contribution in [3.63, 3.8) is 0 Å². The van der Waals surface area contributed by atoms with Crippen LogP contribution in [0.1, 0.15) is 26.7 Å². The number of carbonyl (C=O) groups excluding carboxylic acids is 2. The molecule has 1 aromatic rings. The van der Waals surface area contributed by atoms with Gasteiger partial charge in [-0.1, -0.05) is 31.5 Å². The largest absolute Gasteiger partial charge is 0.342 e. The zero-order valence-corrected chi connectivity index (χ0v) is 19.0. The number of benzene rings is 1. The van der Waals surface area contributed by atoms with Crippen molar-refractivity contribution in [1.29, 1.82) is 0 Å². The topological polar surface area (TPSA) is 90.0 Å². The smallest absolute Gasteiger partial charge is 0.317 e. The molecule has 0 bridgehead atoms. The quantitative estimate of drug-likeness (QED) is 0.750. The molecule has 2 fully saturated rings. The summed E-state index contributed by atoms with van der Waals surface area (Å²) in [5.74, 6) is 0.132. The molecular weight excluding hydrogens is 428 g/mol. The van der Waals surface area contributed by atoms with E-state index in [1.54, 1.807) is 17.0 Å². The van der Waals surface area contributed by atoms with Gasteiger partial charge in [-0.15, -0.1) is 0 Å². The molecule has 30 heavy (non-hydrogen) atoms. The summed E-state index contributed by atoms with van der Waals surface area (Å²) < 4.78 is 27.0. The molecule has 3 rings (SSSR count). The monoisotopic (exact) mass is 456 g/mol. The first kappa shape index (κ1) is 22.8. The Hall–Kier alpha value is -1.84. The maximum absolute atomic E-state index is 12.8. The standard InChI is InChI=1S/C20H29ClN4O4S/c1-15(2)19(26)23-8-6-17(7-9-23)22-20(27)24-10-12-25(13-11-24)30(28,29)18-5-3-4-16(21)14-18/h3-5,14-15,17H,6-13H2,1-2H3,(H,22,27). The molecule has 3 amide bonds. The first-order valence-electron chi connectivity index (χ1n) is 10.3. The predicted molar refractivity (Wildman–Crippen MR) is 115 cm³/mol. The Labute approximate surface area is 183 Å². The van der Waals surface area contributed by atoms with E-state index in [9.17, 15) is 18.0 Å². The molecule has 1 aromatic carbocycles. The van der Waals surface area contributed by atoms with E-state index in [1.807, 2.05) is 18.7 Å². The average molecular weight is 457 g/mol. The number of nitrogens with zero attached hydrogens (tertiary/aromatic N) is 3. The second kappa shape index (κ2) is 9.53. The van der Waals surface area contributed by atoms with Crippen LogP contribution in [0.25, 0.3) is 0 Å². The first-order valence-corrected chi connectivity index (χ1v) is 12.1. The van der Waals surface area contributed by atoms with E-state index < -0.39 is 10.0 Å². The summed E-state index contributed by atoms with van der Waals surface area (Å²) in [7, 11) is -3.63. The molecule has 10 heteroatoms. The maximum atomic E-state index is 12.8. The van der Waals surface area contributed by atoms with Crippen LogP contribution in [0.5, 0.6) is 0 Å². The maximum Gasteiger partial charge on any atom is 0.317 e. The van der Waals surface area contributed by atoms with Crippen LogP contribution < -0.4 is 5.32 Å². The van der Waals surface area contributed by atoms with Crippen LogP contribution in [0.4, 0.5) is 4.79 Å². The summed E-state index contributed by atoms with van der Waals surface area (Å²) in [6.45, 7) is 6.21. The van der Waals surface area contributed by atoms with E-state index in [1.165, 1.54) is 16.4 Å². The molecule has 0 spiro atoms. The van der Waals surface area contributed by atoms with Gasteiger partial charge in [0, 0.05) is 56.3 Å². The number of amides is 3. The number of likely N-dealkylation sites (tertiary alicyclic amines) is 1. The Balaban J connectivity index is 1.48. The molecule has 0 aliphatic carbocycles. The summed E-state index contributed by atoms with van der Waals surface area (Å²) in [6.07, 6.45) is 1.46. The number of hydrogen-bond donors (Lipinski definition) is 1. The molecule has 166 valence electrons. The molecule has 2 saturated heterocycles. The lowest BCUT2D eigenvalue weighted by atomic mass is 10.0. The lowest BCUT2D eigenvalue weighted by molar-refractivity contribution is -0.135. The van der Waals surface area contributed by atoms with Crippen molar-refractivity contribution in [3.05, 3.63) is 29.3 Å². The van der Waals surface area contributed by atoms with Gasteiger partial charge in [-0.05, 0) is 31.0 Å². The third-order valence-corrected chi connectivity index (χ3v) is 7.72. The van der Waals surface area contributed by atoms with Gasteiger partial charge < -0.3 is 15.1 Å². The van der Waals surface area contributed by atoms with Gasteiger partial charge in [-0.25, -0.2) is 13.2 Å². The van der Waals surface area contributed by atoms with Gasteiger partial charge in [0.05, 0.1) is 4.90 Å². The lowest BCUT2D eigenvalue weighted by Crippen LogP contribution is -2.56. The Morgan fingerprint density at radius 3 is 2.23 bits per heavy atom. The summed E-state index contributed by atoms with van der Waals surface area (Å²) in [5, 5.41) is 3.40. The fourth-order valence-electron chi connectivity index (χ4n) is 3.78. The average Bonchev–Trinajstić information content (AvgIpc) is 2.73. The third-order valence-electron chi connectivity index (χ3n) is 5.59. The van der Waals surface area contributed by atoms with E-state index in [-0.39, 0.29) is 41.9 Å². The second-order valence-electron chi connectivity index (χ2n) is 8.05. The van der Waals surface area contributed by atoms with Crippen molar-refractivity contribution < 1.29 is 18.0 Å². The van der Waals surface area contributed by atoms with Crippen molar-refractivity contribution in [2.45, 2.75) is 37.6 Å². The summed E-state index contributed by atoms with van der Waals surface area (Å²) in [4.78, 5) is 28.4. The van der Waals surface area contributed by atoms with E-state index in [0.717, 1.165) is 12.8 Å². The zero-order valence-electron chi connectivity index (χ0n) is 17.4. The Morgan fingerprint density at radius 1 is 1.03 bits per heavy atom. The Bertz CT molecular complexity index is 877. The van der Waals surface area contributed by atoms with Crippen LogP contribution in [0, 0.1) is 5.92 Å². The van der Waals surface area contributed by atoms with E-state index in [0.29, 0.717) is 31.2 Å². The fraction of sp³-hybridized carbons (Fsp3) is 0.600. The number of halogens is 1. The van der Waals surface area contributed by atoms with Crippen LogP contribution in [0.3, 0.4) is 0 Å². The van der Waals surface area contributed by atoms with Gasteiger partial charge in [0.1, 0.15) is 0 Å². The molecule has 1 N–H and O–H groups in total. The highest BCUT2D eigenvalue weighted by Crippen LogP contribution is 2.21. The molecule has 0 atom stereocenters. The highest BCUT2D eigenvalue weighted by molar-refractivity contribution is 7.89. The minimum atomic E-state index is -3.63. The number of urea groups is 1. The number of hydrogen-bond acceptors (Lipinski definition) is 4. The fourth-order valence-corrected chi connectivity index (χ4v) is 5.51. The van der Waals surface area contributed by atoms with Gasteiger partial charge >= 0.3 is 6.03 Å². The van der Waals surface area contributed by atoms with Crippen LogP contribution >= 0.6 is 11.6 Å². The number of rotatable bonds is 4. The molecule has 0 aromatic heterocycles. The van der Waals surface area contributed by atoms with Crippen LogP contribution in [-0.2, 0) is 14.8 Å². The minimum Gasteiger partial charge on any atom is -0.342 e. The molecular formula is C20H29ClN4O4S. The minimum absolute atomic E-state index is 0.0179. The van der Waals surface area contributed by atoms with E-state index in [4.69, 9.17) is 11.6 Å². The molecule has 8 nitrogen and oxygen atoms in total. The Morgan fingerprint density at radius 2 is 1.67 bits per heavy atom. The predicted octanol–water partition coefficient (Wildman–Crippen LogP) is 2.00. The number of piperidine rings is 1. The molecule has 2 aliphatic heterocycles. The van der Waals surface area contributed by atoms with Gasteiger partial charge in [0.2, 0.25) is 15.9 Å². The van der Waals surface area contributed by atoms with Crippen LogP contribution in [0.15, 0.2) is 29.2 Å². The SMILES string of the molecule is CC(C)C(=O)N1CCC(NC(=O)N2CCN(S(=O)(=O)c3cccc(Cl)c3)CC2)CC1. The van der Waals surface area contributed by atoms with Crippen molar-refractivity contribution in [3.8, 4) is 0 Å². The van der Waals surface area contributed by atoms with Crippen molar-refractivity contribution in [2.75, 3.05) is 39.3 Å². The highest BCUT2D eigenvalue weighted by atomic mass is 35.5. The van der Waals surface area contributed by atoms with Crippen molar-refractivity contribution in [1.82, 2.24) is 19.4 Å². The molecule has 2 aliphatic rings. The molecule has 0 saturated carbocycles. The summed E-state index contributed by atoms with van der Waals surface area (Å²) in [5.41, 5.74) is 0. The normalized spacial score (nSPS) is 19.2.